The van der Waals surface area contributed by atoms with Crippen molar-refractivity contribution >= 4 is 0 Å². The van der Waals surface area contributed by atoms with Gasteiger partial charge in [-0.2, -0.15) is 0 Å². The lowest BCUT2D eigenvalue weighted by Gasteiger charge is -2.05. The Morgan fingerprint density at radius 2 is 2.13 bits per heavy atom. The molecule has 0 amide bonds. The van der Waals surface area contributed by atoms with E-state index in [-0.39, 0.29) is 11.2 Å². The minimum absolute atomic E-state index is 0.280. The van der Waals surface area contributed by atoms with Gasteiger partial charge in [0.25, 0.3) is 5.56 Å². The van der Waals surface area contributed by atoms with E-state index in [1.54, 1.807) is 6.20 Å². The second kappa shape index (κ2) is 5.50. The molecule has 1 heterocycles. The van der Waals surface area contributed by atoms with Crippen LogP contribution in [0.2, 0.25) is 0 Å². The molecule has 0 unspecified atom stereocenters. The molecule has 0 aliphatic carbocycles. The van der Waals surface area contributed by atoms with Gasteiger partial charge in [-0.15, -0.1) is 0 Å². The molecular weight excluding hydrogens is 194 g/mol. The second-order valence-corrected chi connectivity index (χ2v) is 3.46. The van der Waals surface area contributed by atoms with E-state index in [0.29, 0.717) is 25.1 Å². The van der Waals surface area contributed by atoms with E-state index in [4.69, 9.17) is 5.73 Å². The first-order chi connectivity index (χ1) is 7.19. The van der Waals surface area contributed by atoms with Crippen LogP contribution in [0.25, 0.3) is 0 Å². The predicted molar refractivity (Wildman–Crippen MR) is 59.0 cm³/mol. The third-order valence-electron chi connectivity index (χ3n) is 2.32. The van der Waals surface area contributed by atoms with Crippen molar-refractivity contribution in [3.63, 3.8) is 0 Å². The number of unbranched alkanes of at least 4 members (excludes halogenated alkanes) is 1. The molecule has 0 spiro atoms. The molecule has 5 heteroatoms. The highest BCUT2D eigenvalue weighted by Gasteiger charge is 2.02. The number of aromatic amines is 1. The number of nitrogens with two attached hydrogens (primary N) is 1. The third-order valence-corrected chi connectivity index (χ3v) is 2.32. The minimum Gasteiger partial charge on any atom is -0.330 e. The lowest BCUT2D eigenvalue weighted by atomic mass is 10.2. The monoisotopic (exact) mass is 211 g/mol. The van der Waals surface area contributed by atoms with Crippen LogP contribution in [-0.2, 0) is 13.0 Å². The molecule has 5 nitrogen and oxygen atoms in total. The number of nitrogens with zero attached hydrogens (tertiary/aromatic N) is 1. The summed E-state index contributed by atoms with van der Waals surface area (Å²) < 4.78 is 1.54. The van der Waals surface area contributed by atoms with E-state index in [9.17, 15) is 9.59 Å². The lowest BCUT2D eigenvalue weighted by Crippen LogP contribution is -2.31. The van der Waals surface area contributed by atoms with Crippen molar-refractivity contribution in [2.75, 3.05) is 6.54 Å². The SMILES string of the molecule is CCc1cn(CCCCN)c(=O)[nH]c1=O. The number of aromatic nitrogens is 2. The standard InChI is InChI=1S/C10H17N3O2/c1-2-8-7-13(6-4-3-5-11)10(15)12-9(8)14/h7H,2-6,11H2,1H3,(H,12,14,15). The normalized spacial score (nSPS) is 10.5. The number of hydrogen-bond donors (Lipinski definition) is 2. The van der Waals surface area contributed by atoms with E-state index in [1.165, 1.54) is 4.57 Å². The molecule has 0 aliphatic heterocycles. The average molecular weight is 211 g/mol. The number of hydrogen-bond acceptors (Lipinski definition) is 3. The Hall–Kier alpha value is -1.36. The Labute approximate surface area is 87.9 Å². The quantitative estimate of drug-likeness (QED) is 0.664. The van der Waals surface area contributed by atoms with Gasteiger partial charge in [0.1, 0.15) is 0 Å². The van der Waals surface area contributed by atoms with Crippen LogP contribution in [0.1, 0.15) is 25.3 Å². The van der Waals surface area contributed by atoms with Crippen molar-refractivity contribution < 1.29 is 0 Å². The molecule has 0 saturated heterocycles. The van der Waals surface area contributed by atoms with Gasteiger partial charge < -0.3 is 10.3 Å². The number of aryl methyl sites for hydroxylation is 2. The fraction of sp³-hybridized carbons (Fsp3) is 0.600. The largest absolute Gasteiger partial charge is 0.330 e. The average Bonchev–Trinajstić information content (AvgIpc) is 2.21. The molecule has 0 bridgehead atoms. The topological polar surface area (TPSA) is 80.9 Å². The van der Waals surface area contributed by atoms with E-state index in [1.807, 2.05) is 6.92 Å². The molecule has 84 valence electrons. The zero-order valence-corrected chi connectivity index (χ0v) is 8.95. The molecule has 1 aromatic heterocycles. The Kier molecular flexibility index (Phi) is 4.30. The third kappa shape index (κ3) is 3.06. The van der Waals surface area contributed by atoms with Crippen molar-refractivity contribution in [3.05, 3.63) is 32.6 Å². The first-order valence-corrected chi connectivity index (χ1v) is 5.21. The molecule has 0 atom stereocenters. The van der Waals surface area contributed by atoms with Crippen LogP contribution in [0.3, 0.4) is 0 Å². The number of rotatable bonds is 5. The summed E-state index contributed by atoms with van der Waals surface area (Å²) in [5.41, 5.74) is 5.39. The maximum Gasteiger partial charge on any atom is 0.328 e. The highest BCUT2D eigenvalue weighted by Crippen LogP contribution is 1.93. The molecule has 0 aliphatic rings. The Bertz CT molecular complexity index is 419. The van der Waals surface area contributed by atoms with Gasteiger partial charge in [-0.05, 0) is 25.8 Å². The van der Waals surface area contributed by atoms with E-state index in [2.05, 4.69) is 4.98 Å². The highest BCUT2D eigenvalue weighted by molar-refractivity contribution is 5.03. The fourth-order valence-electron chi connectivity index (χ4n) is 1.40. The summed E-state index contributed by atoms with van der Waals surface area (Å²) in [5.74, 6) is 0. The number of nitrogens with one attached hydrogen (secondary N) is 1. The van der Waals surface area contributed by atoms with Crippen LogP contribution in [0.5, 0.6) is 0 Å². The number of H-pyrrole nitrogens is 1. The van der Waals surface area contributed by atoms with Gasteiger partial charge in [-0.25, -0.2) is 4.79 Å². The fourth-order valence-corrected chi connectivity index (χ4v) is 1.40. The second-order valence-electron chi connectivity index (χ2n) is 3.46. The van der Waals surface area contributed by atoms with E-state index in [0.717, 1.165) is 12.8 Å². The molecule has 0 radical (unpaired) electrons. The van der Waals surface area contributed by atoms with Crippen molar-refractivity contribution in [1.82, 2.24) is 9.55 Å². The lowest BCUT2D eigenvalue weighted by molar-refractivity contribution is 0.580. The van der Waals surface area contributed by atoms with Gasteiger partial charge in [0.15, 0.2) is 0 Å². The zero-order valence-electron chi connectivity index (χ0n) is 8.95. The molecule has 1 aromatic rings. The zero-order chi connectivity index (χ0) is 11.3. The summed E-state index contributed by atoms with van der Waals surface area (Å²) in [6, 6.07) is 0. The van der Waals surface area contributed by atoms with Crippen LogP contribution < -0.4 is 17.0 Å². The molecular formula is C10H17N3O2. The first kappa shape index (κ1) is 11.7. The van der Waals surface area contributed by atoms with Gasteiger partial charge in [0.2, 0.25) is 0 Å². The summed E-state index contributed by atoms with van der Waals surface area (Å²) in [6.07, 6.45) is 4.00. The summed E-state index contributed by atoms with van der Waals surface area (Å²) in [5, 5.41) is 0. The molecule has 0 fully saturated rings. The molecule has 0 saturated carbocycles. The van der Waals surface area contributed by atoms with Gasteiger partial charge in [-0.1, -0.05) is 6.92 Å². The molecule has 3 N–H and O–H groups in total. The van der Waals surface area contributed by atoms with Gasteiger partial charge >= 0.3 is 5.69 Å². The Balaban J connectivity index is 2.88. The summed E-state index contributed by atoms with van der Waals surface area (Å²) >= 11 is 0. The van der Waals surface area contributed by atoms with Crippen LogP contribution >= 0.6 is 0 Å². The minimum atomic E-state index is -0.339. The summed E-state index contributed by atoms with van der Waals surface area (Å²) in [6.45, 7) is 3.12. The van der Waals surface area contributed by atoms with E-state index >= 15 is 0 Å². The van der Waals surface area contributed by atoms with Crippen molar-refractivity contribution in [1.29, 1.82) is 0 Å². The smallest absolute Gasteiger partial charge is 0.328 e. The molecule has 1 rings (SSSR count). The predicted octanol–water partition coefficient (Wildman–Crippen LogP) is -0.162. The maximum absolute atomic E-state index is 11.4. The van der Waals surface area contributed by atoms with Crippen molar-refractivity contribution in [2.24, 2.45) is 5.73 Å². The van der Waals surface area contributed by atoms with Crippen LogP contribution in [0.15, 0.2) is 15.8 Å². The van der Waals surface area contributed by atoms with Crippen LogP contribution in [0, 0.1) is 0 Å². The van der Waals surface area contributed by atoms with Gasteiger partial charge in [0, 0.05) is 18.3 Å². The summed E-state index contributed by atoms with van der Waals surface area (Å²) in [7, 11) is 0. The van der Waals surface area contributed by atoms with Crippen molar-refractivity contribution in [3.8, 4) is 0 Å². The van der Waals surface area contributed by atoms with Crippen molar-refractivity contribution in [2.45, 2.75) is 32.7 Å². The molecule has 0 aromatic carbocycles. The van der Waals surface area contributed by atoms with Crippen LogP contribution in [0.4, 0.5) is 0 Å². The van der Waals surface area contributed by atoms with E-state index < -0.39 is 0 Å². The van der Waals surface area contributed by atoms with Gasteiger partial charge in [0.05, 0.1) is 0 Å². The van der Waals surface area contributed by atoms with Crippen LogP contribution in [-0.4, -0.2) is 16.1 Å². The maximum atomic E-state index is 11.4. The Morgan fingerprint density at radius 3 is 2.73 bits per heavy atom. The first-order valence-electron chi connectivity index (χ1n) is 5.21. The summed E-state index contributed by atoms with van der Waals surface area (Å²) in [4.78, 5) is 24.9. The highest BCUT2D eigenvalue weighted by atomic mass is 16.2. The Morgan fingerprint density at radius 1 is 1.40 bits per heavy atom. The van der Waals surface area contributed by atoms with Gasteiger partial charge in [-0.3, -0.25) is 9.78 Å². The molecule has 15 heavy (non-hydrogen) atoms.